The molecule has 290 valence electrons. The standard InChI is InChI=1S/C38H50ClFN10O4/c1-54-34-25-32-29(38(43-26-42-32)44-27-4-5-31(40)30(39)23-27)24-33(34)45-36(52)3-2-10-46-11-6-28(7-12-46)49-19-21-50(22-20-49)37(53)9-14-48-17-15-47(16-18-48)13-8-35(41)51/h2-5,23-26,28H,6-22H2,1H3,(H2,41,51)(H,45,52)(H,42,43,44)/b3-2+. The number of nitrogens with zero attached hydrogens (tertiary/aromatic N) is 7. The largest absolute Gasteiger partial charge is 0.494 e. The molecule has 4 heterocycles. The van der Waals surface area contributed by atoms with E-state index in [-0.39, 0.29) is 22.7 Å². The summed E-state index contributed by atoms with van der Waals surface area (Å²) in [5.41, 5.74) is 6.89. The molecule has 4 N–H and O–H groups in total. The first kappa shape index (κ1) is 39.3. The topological polar surface area (TPSA) is 152 Å². The van der Waals surface area contributed by atoms with E-state index in [0.29, 0.717) is 65.8 Å². The van der Waals surface area contributed by atoms with Crippen LogP contribution in [0.15, 0.2) is 48.8 Å². The average Bonchev–Trinajstić information content (AvgIpc) is 3.18. The number of carbonyl (C=O) groups is 3. The molecule has 6 rings (SSSR count). The van der Waals surface area contributed by atoms with Crippen LogP contribution in [0.4, 0.5) is 21.6 Å². The van der Waals surface area contributed by atoms with Gasteiger partial charge in [-0.1, -0.05) is 17.7 Å². The van der Waals surface area contributed by atoms with Gasteiger partial charge in [-0.3, -0.25) is 24.2 Å². The summed E-state index contributed by atoms with van der Waals surface area (Å²) in [6, 6.07) is 8.28. The molecule has 3 aromatic rings. The Hall–Kier alpha value is -4.41. The molecule has 3 saturated heterocycles. The number of amides is 3. The van der Waals surface area contributed by atoms with Crippen molar-refractivity contribution in [3.05, 3.63) is 59.7 Å². The van der Waals surface area contributed by atoms with Crippen LogP contribution >= 0.6 is 11.6 Å². The highest BCUT2D eigenvalue weighted by atomic mass is 35.5. The van der Waals surface area contributed by atoms with Crippen molar-refractivity contribution < 1.29 is 23.5 Å². The van der Waals surface area contributed by atoms with Crippen LogP contribution in [0.5, 0.6) is 5.75 Å². The van der Waals surface area contributed by atoms with Crippen LogP contribution in [0, 0.1) is 5.82 Å². The van der Waals surface area contributed by atoms with Gasteiger partial charge in [0.15, 0.2) is 0 Å². The predicted octanol–water partition coefficient (Wildman–Crippen LogP) is 3.16. The Morgan fingerprint density at radius 3 is 2.30 bits per heavy atom. The Morgan fingerprint density at radius 2 is 1.63 bits per heavy atom. The number of piperidine rings is 1. The van der Waals surface area contributed by atoms with E-state index in [1.807, 2.05) is 11.0 Å². The fourth-order valence-electron chi connectivity index (χ4n) is 7.36. The van der Waals surface area contributed by atoms with E-state index in [9.17, 15) is 18.8 Å². The maximum atomic E-state index is 13.7. The summed E-state index contributed by atoms with van der Waals surface area (Å²) in [4.78, 5) is 57.2. The molecule has 0 unspecified atom stereocenters. The molecule has 2 aromatic carbocycles. The lowest BCUT2D eigenvalue weighted by atomic mass is 10.0. The number of nitrogens with two attached hydrogens (primary N) is 1. The number of rotatable bonds is 14. The number of nitrogens with one attached hydrogen (secondary N) is 2. The molecule has 54 heavy (non-hydrogen) atoms. The second-order valence-electron chi connectivity index (χ2n) is 14.0. The van der Waals surface area contributed by atoms with Crippen LogP contribution in [0.1, 0.15) is 25.7 Å². The van der Waals surface area contributed by atoms with Crippen LogP contribution in [-0.2, 0) is 14.4 Å². The highest BCUT2D eigenvalue weighted by Crippen LogP contribution is 2.33. The SMILES string of the molecule is COc1cc2ncnc(Nc3ccc(F)c(Cl)c3)c2cc1NC(=O)/C=C/CN1CCC(N2CCN(C(=O)CCN3CCN(CCC(N)=O)CC3)CC2)CC1. The van der Waals surface area contributed by atoms with Gasteiger partial charge in [0.2, 0.25) is 17.7 Å². The third-order valence-corrected chi connectivity index (χ3v) is 10.8. The van der Waals surface area contributed by atoms with Crippen LogP contribution < -0.4 is 21.1 Å². The van der Waals surface area contributed by atoms with Crippen LogP contribution in [0.3, 0.4) is 0 Å². The Morgan fingerprint density at radius 1 is 0.926 bits per heavy atom. The van der Waals surface area contributed by atoms with Gasteiger partial charge in [-0.2, -0.15) is 0 Å². The first-order valence-corrected chi connectivity index (χ1v) is 19.0. The highest BCUT2D eigenvalue weighted by Gasteiger charge is 2.29. The van der Waals surface area contributed by atoms with Gasteiger partial charge in [0.25, 0.3) is 0 Å². The molecule has 14 nitrogen and oxygen atoms in total. The third kappa shape index (κ3) is 10.6. The Balaban J connectivity index is 0.909. The Kier molecular flexibility index (Phi) is 13.6. The summed E-state index contributed by atoms with van der Waals surface area (Å²) in [7, 11) is 1.53. The van der Waals surface area contributed by atoms with Crippen molar-refractivity contribution in [3.63, 3.8) is 0 Å². The normalized spacial score (nSPS) is 18.3. The summed E-state index contributed by atoms with van der Waals surface area (Å²) in [6.45, 7) is 11.0. The molecular weight excluding hydrogens is 715 g/mol. The van der Waals surface area contributed by atoms with Gasteiger partial charge < -0.3 is 35.8 Å². The summed E-state index contributed by atoms with van der Waals surface area (Å²) >= 11 is 5.96. The van der Waals surface area contributed by atoms with E-state index in [2.05, 4.69) is 40.2 Å². The average molecular weight is 765 g/mol. The lowest BCUT2D eigenvalue weighted by Crippen LogP contribution is -2.54. The summed E-state index contributed by atoms with van der Waals surface area (Å²) in [6.07, 6.45) is 7.87. The smallest absolute Gasteiger partial charge is 0.248 e. The van der Waals surface area contributed by atoms with Crippen molar-refractivity contribution in [2.24, 2.45) is 5.73 Å². The van der Waals surface area contributed by atoms with Crippen molar-refractivity contribution in [2.45, 2.75) is 31.7 Å². The Bertz CT molecular complexity index is 1810. The molecule has 1 aromatic heterocycles. The number of halogens is 2. The van der Waals surface area contributed by atoms with Gasteiger partial charge in [-0.05, 0) is 50.2 Å². The number of likely N-dealkylation sites (tertiary alicyclic amines) is 1. The number of fused-ring (bicyclic) bond motifs is 1. The van der Waals surface area contributed by atoms with E-state index in [4.69, 9.17) is 22.1 Å². The monoisotopic (exact) mass is 764 g/mol. The third-order valence-electron chi connectivity index (χ3n) is 10.6. The lowest BCUT2D eigenvalue weighted by molar-refractivity contribution is -0.134. The lowest BCUT2D eigenvalue weighted by Gasteiger charge is -2.42. The predicted molar refractivity (Wildman–Crippen MR) is 207 cm³/mol. The van der Waals surface area contributed by atoms with Gasteiger partial charge in [0, 0.05) is 114 Å². The summed E-state index contributed by atoms with van der Waals surface area (Å²) in [5.74, 6) is 0.0893. The molecule has 3 amide bonds. The number of anilines is 3. The molecule has 0 atom stereocenters. The number of aromatic nitrogens is 2. The molecule has 3 fully saturated rings. The maximum Gasteiger partial charge on any atom is 0.248 e. The van der Waals surface area contributed by atoms with Crippen molar-refractivity contribution in [2.75, 3.05) is 103 Å². The summed E-state index contributed by atoms with van der Waals surface area (Å²) < 4.78 is 19.2. The molecule has 0 bridgehead atoms. The Labute approximate surface area is 320 Å². The second kappa shape index (κ2) is 18.8. The van der Waals surface area contributed by atoms with E-state index >= 15 is 0 Å². The van der Waals surface area contributed by atoms with Gasteiger partial charge in [0.05, 0.1) is 23.3 Å². The van der Waals surface area contributed by atoms with E-state index in [1.165, 1.54) is 25.6 Å². The molecule has 16 heteroatoms. The van der Waals surface area contributed by atoms with Gasteiger partial charge in [-0.15, -0.1) is 0 Å². The first-order chi connectivity index (χ1) is 26.1. The zero-order valence-corrected chi connectivity index (χ0v) is 31.6. The van der Waals surface area contributed by atoms with Crippen molar-refractivity contribution in [1.82, 2.24) is 34.5 Å². The molecule has 0 spiro atoms. The van der Waals surface area contributed by atoms with Crippen LogP contribution in [0.2, 0.25) is 5.02 Å². The fraction of sp³-hybridized carbons (Fsp3) is 0.500. The zero-order chi connectivity index (χ0) is 38.0. The van der Waals surface area contributed by atoms with Crippen LogP contribution in [-0.4, -0.2) is 150 Å². The minimum absolute atomic E-state index is 0.0120. The first-order valence-electron chi connectivity index (χ1n) is 18.6. The fourth-order valence-corrected chi connectivity index (χ4v) is 7.54. The van der Waals surface area contributed by atoms with E-state index in [0.717, 1.165) is 84.8 Å². The summed E-state index contributed by atoms with van der Waals surface area (Å²) in [5, 5.41) is 6.69. The number of methoxy groups -OCH3 is 1. The van der Waals surface area contributed by atoms with Crippen LogP contribution in [0.25, 0.3) is 10.9 Å². The number of piperazine rings is 2. The molecule has 0 saturated carbocycles. The van der Waals surface area contributed by atoms with Gasteiger partial charge in [-0.25, -0.2) is 14.4 Å². The number of benzene rings is 2. The molecule has 3 aliphatic heterocycles. The van der Waals surface area contributed by atoms with E-state index in [1.54, 1.807) is 24.3 Å². The van der Waals surface area contributed by atoms with Crippen molar-refractivity contribution in [3.8, 4) is 5.75 Å². The molecule has 3 aliphatic rings. The maximum absolute atomic E-state index is 13.7. The quantitative estimate of drug-likeness (QED) is 0.208. The van der Waals surface area contributed by atoms with E-state index < -0.39 is 5.82 Å². The second-order valence-corrected chi connectivity index (χ2v) is 14.4. The number of hydrogen-bond acceptors (Lipinski definition) is 11. The minimum Gasteiger partial charge on any atom is -0.494 e. The highest BCUT2D eigenvalue weighted by molar-refractivity contribution is 6.31. The number of primary amides is 1. The van der Waals surface area contributed by atoms with Gasteiger partial charge in [0.1, 0.15) is 23.7 Å². The minimum atomic E-state index is -0.517. The van der Waals surface area contributed by atoms with Crippen molar-refractivity contribution >= 4 is 57.4 Å². The molecular formula is C38H50ClFN10O4. The zero-order valence-electron chi connectivity index (χ0n) is 30.8. The van der Waals surface area contributed by atoms with Gasteiger partial charge >= 0.3 is 0 Å². The molecule has 0 aliphatic carbocycles. The number of carbonyl (C=O) groups excluding carboxylic acids is 3. The molecule has 0 radical (unpaired) electrons. The number of ether oxygens (including phenoxy) is 1. The van der Waals surface area contributed by atoms with Crippen molar-refractivity contribution in [1.29, 1.82) is 0 Å². The number of hydrogen-bond donors (Lipinski definition) is 3.